The minimum absolute atomic E-state index is 0.0499. The first-order valence-corrected chi connectivity index (χ1v) is 7.47. The molecule has 2 nitrogen and oxygen atoms in total. The predicted molar refractivity (Wildman–Crippen MR) is 78.1 cm³/mol. The summed E-state index contributed by atoms with van der Waals surface area (Å²) in [7, 11) is 0. The van der Waals surface area contributed by atoms with E-state index in [9.17, 15) is 0 Å². The van der Waals surface area contributed by atoms with Crippen molar-refractivity contribution >= 4 is 15.9 Å². The molecule has 0 saturated carbocycles. The van der Waals surface area contributed by atoms with Crippen LogP contribution in [0.15, 0.2) is 60.7 Å². The summed E-state index contributed by atoms with van der Waals surface area (Å²) in [5.74, 6) is 0. The van der Waals surface area contributed by atoms with E-state index in [-0.39, 0.29) is 18.5 Å². The molecular formula is C16H15BrO2. The second-order valence-electron chi connectivity index (χ2n) is 4.52. The number of benzene rings is 2. The van der Waals surface area contributed by atoms with E-state index in [2.05, 4.69) is 40.2 Å². The number of alkyl halides is 1. The van der Waals surface area contributed by atoms with Crippen molar-refractivity contribution in [3.63, 3.8) is 0 Å². The molecule has 1 aliphatic rings. The Morgan fingerprint density at radius 3 is 1.53 bits per heavy atom. The van der Waals surface area contributed by atoms with E-state index < -0.39 is 0 Å². The predicted octanol–water partition coefficient (Wildman–Crippen LogP) is 4.24. The van der Waals surface area contributed by atoms with Gasteiger partial charge in [0, 0.05) is 0 Å². The highest BCUT2D eigenvalue weighted by Crippen LogP contribution is 2.42. The van der Waals surface area contributed by atoms with Crippen molar-refractivity contribution in [2.45, 2.75) is 18.5 Å². The molecule has 0 aromatic heterocycles. The van der Waals surface area contributed by atoms with E-state index >= 15 is 0 Å². The Bertz CT molecular complexity index is 467. The summed E-state index contributed by atoms with van der Waals surface area (Å²) in [4.78, 5) is 0. The van der Waals surface area contributed by atoms with Crippen molar-refractivity contribution in [1.29, 1.82) is 0 Å². The highest BCUT2D eigenvalue weighted by Gasteiger charge is 2.37. The zero-order chi connectivity index (χ0) is 13.1. The second kappa shape index (κ2) is 5.87. The third-order valence-electron chi connectivity index (χ3n) is 3.25. The number of hydrogen-bond acceptors (Lipinski definition) is 2. The maximum Gasteiger partial charge on any atom is 0.169 e. The minimum atomic E-state index is -0.199. The highest BCUT2D eigenvalue weighted by atomic mass is 79.9. The summed E-state index contributed by atoms with van der Waals surface area (Å²) >= 11 is 3.43. The zero-order valence-corrected chi connectivity index (χ0v) is 12.0. The highest BCUT2D eigenvalue weighted by molar-refractivity contribution is 9.09. The Balaban J connectivity index is 1.92. The monoisotopic (exact) mass is 318 g/mol. The van der Waals surface area contributed by atoms with Crippen molar-refractivity contribution in [2.24, 2.45) is 0 Å². The van der Waals surface area contributed by atoms with E-state index in [1.54, 1.807) is 0 Å². The van der Waals surface area contributed by atoms with E-state index in [4.69, 9.17) is 9.47 Å². The van der Waals surface area contributed by atoms with Gasteiger partial charge >= 0.3 is 0 Å². The van der Waals surface area contributed by atoms with Gasteiger partial charge < -0.3 is 9.47 Å². The fourth-order valence-electron chi connectivity index (χ4n) is 2.37. The molecular weight excluding hydrogens is 304 g/mol. The summed E-state index contributed by atoms with van der Waals surface area (Å²) in [6, 6.07) is 20.5. The van der Waals surface area contributed by atoms with Crippen molar-refractivity contribution in [2.75, 3.05) is 5.33 Å². The van der Waals surface area contributed by atoms with Crippen LogP contribution >= 0.6 is 15.9 Å². The molecule has 0 N–H and O–H groups in total. The van der Waals surface area contributed by atoms with Gasteiger partial charge in [0.15, 0.2) is 6.29 Å². The van der Waals surface area contributed by atoms with Crippen molar-refractivity contribution in [3.8, 4) is 0 Å². The largest absolute Gasteiger partial charge is 0.341 e. The maximum absolute atomic E-state index is 5.99. The quantitative estimate of drug-likeness (QED) is 0.788. The van der Waals surface area contributed by atoms with Crippen LogP contribution in [0, 0.1) is 0 Å². The first-order chi connectivity index (χ1) is 9.38. The van der Waals surface area contributed by atoms with Gasteiger partial charge in [-0.15, -0.1) is 0 Å². The lowest BCUT2D eigenvalue weighted by atomic mass is 9.99. The molecule has 1 saturated heterocycles. The first kappa shape index (κ1) is 12.9. The van der Waals surface area contributed by atoms with Crippen LogP contribution in [-0.4, -0.2) is 11.6 Å². The lowest BCUT2D eigenvalue weighted by molar-refractivity contribution is -0.0469. The number of hydrogen-bond donors (Lipinski definition) is 0. The number of rotatable bonds is 3. The SMILES string of the molecule is BrCC1O[C@H](c2ccccc2)[C@H](c2ccccc2)O1. The minimum Gasteiger partial charge on any atom is -0.341 e. The summed E-state index contributed by atoms with van der Waals surface area (Å²) < 4.78 is 12.0. The average molecular weight is 319 g/mol. The van der Waals surface area contributed by atoms with Gasteiger partial charge in [-0.2, -0.15) is 0 Å². The lowest BCUT2D eigenvalue weighted by Gasteiger charge is -2.17. The van der Waals surface area contributed by atoms with Crippen molar-refractivity contribution in [3.05, 3.63) is 71.8 Å². The molecule has 0 bridgehead atoms. The summed E-state index contributed by atoms with van der Waals surface area (Å²) in [6.07, 6.45) is -0.298. The molecule has 19 heavy (non-hydrogen) atoms. The molecule has 0 aliphatic carbocycles. The molecule has 2 aromatic rings. The zero-order valence-electron chi connectivity index (χ0n) is 10.4. The molecule has 98 valence electrons. The van der Waals surface area contributed by atoms with Crippen molar-refractivity contribution < 1.29 is 9.47 Å². The lowest BCUT2D eigenvalue weighted by Crippen LogP contribution is -2.08. The van der Waals surface area contributed by atoms with Gasteiger partial charge in [0.05, 0.1) is 5.33 Å². The van der Waals surface area contributed by atoms with Gasteiger partial charge in [-0.25, -0.2) is 0 Å². The molecule has 3 rings (SSSR count). The molecule has 2 aromatic carbocycles. The molecule has 0 radical (unpaired) electrons. The normalized spacial score (nSPS) is 26.5. The molecule has 0 amide bonds. The first-order valence-electron chi connectivity index (χ1n) is 6.35. The van der Waals surface area contributed by atoms with Gasteiger partial charge in [-0.3, -0.25) is 0 Å². The molecule has 3 atom stereocenters. The van der Waals surface area contributed by atoms with Gasteiger partial charge in [0.2, 0.25) is 0 Å². The Kier molecular flexibility index (Phi) is 3.97. The molecule has 0 spiro atoms. The fraction of sp³-hybridized carbons (Fsp3) is 0.250. The Morgan fingerprint density at radius 1 is 0.737 bits per heavy atom. The van der Waals surface area contributed by atoms with Crippen LogP contribution in [0.5, 0.6) is 0 Å². The molecule has 1 unspecified atom stereocenters. The van der Waals surface area contributed by atoms with Crippen LogP contribution in [0.2, 0.25) is 0 Å². The number of ether oxygens (including phenoxy) is 2. The van der Waals surface area contributed by atoms with Gasteiger partial charge in [-0.05, 0) is 11.1 Å². The molecule has 1 heterocycles. The van der Waals surface area contributed by atoms with Gasteiger partial charge in [0.1, 0.15) is 12.2 Å². The Morgan fingerprint density at radius 2 is 1.16 bits per heavy atom. The molecule has 1 fully saturated rings. The molecule has 3 heteroatoms. The topological polar surface area (TPSA) is 18.5 Å². The van der Waals surface area contributed by atoms with Crippen LogP contribution < -0.4 is 0 Å². The average Bonchev–Trinajstić information content (AvgIpc) is 2.93. The summed E-state index contributed by atoms with van der Waals surface area (Å²) in [5, 5.41) is 0.680. The van der Waals surface area contributed by atoms with Crippen molar-refractivity contribution in [1.82, 2.24) is 0 Å². The van der Waals surface area contributed by atoms with Crippen LogP contribution in [0.25, 0.3) is 0 Å². The van der Waals surface area contributed by atoms with E-state index in [0.717, 1.165) is 11.1 Å². The van der Waals surface area contributed by atoms with Crippen LogP contribution in [0.3, 0.4) is 0 Å². The van der Waals surface area contributed by atoms with Gasteiger partial charge in [-0.1, -0.05) is 76.6 Å². The fourth-order valence-corrected chi connectivity index (χ4v) is 2.67. The van der Waals surface area contributed by atoms with E-state index in [1.165, 1.54) is 0 Å². The summed E-state index contributed by atoms with van der Waals surface area (Å²) in [5.41, 5.74) is 2.31. The van der Waals surface area contributed by atoms with Gasteiger partial charge in [0.25, 0.3) is 0 Å². The second-order valence-corrected chi connectivity index (χ2v) is 5.17. The Labute approximate surface area is 121 Å². The van der Waals surface area contributed by atoms with Crippen LogP contribution in [-0.2, 0) is 9.47 Å². The van der Waals surface area contributed by atoms with Crippen LogP contribution in [0.1, 0.15) is 23.3 Å². The standard InChI is InChI=1S/C16H15BrO2/c17-11-14-18-15(12-7-3-1-4-8-12)16(19-14)13-9-5-2-6-10-13/h1-10,14-16H,11H2/t14?,15-,16+. The van der Waals surface area contributed by atoms with E-state index in [0.29, 0.717) is 5.33 Å². The Hall–Kier alpha value is -1.16. The smallest absolute Gasteiger partial charge is 0.169 e. The van der Waals surface area contributed by atoms with Crippen LogP contribution in [0.4, 0.5) is 0 Å². The van der Waals surface area contributed by atoms with E-state index in [1.807, 2.05) is 36.4 Å². The third kappa shape index (κ3) is 2.73. The third-order valence-corrected chi connectivity index (χ3v) is 3.78. The summed E-state index contributed by atoms with van der Waals surface area (Å²) in [6.45, 7) is 0. The number of halogens is 1. The molecule has 1 aliphatic heterocycles. The maximum atomic E-state index is 5.99.